The third-order valence-corrected chi connectivity index (χ3v) is 4.72. The maximum absolute atomic E-state index is 12.1. The van der Waals surface area contributed by atoms with Crippen molar-refractivity contribution in [3.63, 3.8) is 0 Å². The number of fused-ring (bicyclic) bond motifs is 2. The van der Waals surface area contributed by atoms with E-state index in [4.69, 9.17) is 4.74 Å². The highest BCUT2D eigenvalue weighted by Gasteiger charge is 2.46. The zero-order valence-electron chi connectivity index (χ0n) is 10.6. The van der Waals surface area contributed by atoms with Crippen LogP contribution in [0, 0.1) is 11.8 Å². The van der Waals surface area contributed by atoms with Crippen LogP contribution in [0.4, 0.5) is 0 Å². The fourth-order valence-corrected chi connectivity index (χ4v) is 3.34. The predicted octanol–water partition coefficient (Wildman–Crippen LogP) is 4.13. The van der Waals surface area contributed by atoms with Crippen LogP contribution < -0.4 is 0 Å². The molecule has 0 heterocycles. The fourth-order valence-electron chi connectivity index (χ4n) is 3.07. The third kappa shape index (κ3) is 2.16. The zero-order chi connectivity index (χ0) is 13.6. The van der Waals surface area contributed by atoms with Gasteiger partial charge in [-0.25, -0.2) is 4.79 Å². The first-order chi connectivity index (χ1) is 9.06. The van der Waals surface area contributed by atoms with Gasteiger partial charge in [-0.1, -0.05) is 29.1 Å². The second kappa shape index (κ2) is 4.64. The average molecular weight is 319 g/mol. The van der Waals surface area contributed by atoms with E-state index >= 15 is 0 Å². The number of rotatable bonds is 2. The van der Waals surface area contributed by atoms with Gasteiger partial charge in [0.05, 0.1) is 5.56 Å². The lowest BCUT2D eigenvalue weighted by Gasteiger charge is -2.25. The van der Waals surface area contributed by atoms with Gasteiger partial charge in [0.25, 0.3) is 0 Å². The van der Waals surface area contributed by atoms with Crippen LogP contribution in [0.15, 0.2) is 53.0 Å². The molecule has 0 aliphatic heterocycles. The van der Waals surface area contributed by atoms with E-state index in [1.165, 1.54) is 0 Å². The van der Waals surface area contributed by atoms with Crippen molar-refractivity contribution in [1.29, 1.82) is 0 Å². The van der Waals surface area contributed by atoms with Crippen LogP contribution in [0.3, 0.4) is 0 Å². The number of hydrogen-bond donors (Lipinski definition) is 0. The molecule has 2 aliphatic rings. The summed E-state index contributed by atoms with van der Waals surface area (Å²) in [5.74, 6) is 0.487. The van der Waals surface area contributed by atoms with Crippen LogP contribution in [-0.4, -0.2) is 12.1 Å². The minimum absolute atomic E-state index is 0.0286. The Balaban J connectivity index is 1.70. The summed E-state index contributed by atoms with van der Waals surface area (Å²) in [6.45, 7) is 8.12. The highest BCUT2D eigenvalue weighted by atomic mass is 79.9. The van der Waals surface area contributed by atoms with E-state index < -0.39 is 0 Å². The maximum atomic E-state index is 12.1. The number of ether oxygens (including phenoxy) is 1. The molecule has 98 valence electrons. The quantitative estimate of drug-likeness (QED) is 0.766. The second-order valence-electron chi connectivity index (χ2n) is 5.28. The van der Waals surface area contributed by atoms with Crippen LogP contribution in [0.5, 0.6) is 0 Å². The first-order valence-electron chi connectivity index (χ1n) is 6.41. The number of halogens is 1. The number of allylic oxidation sites excluding steroid dienone is 1. The van der Waals surface area contributed by atoms with Gasteiger partial charge in [0.2, 0.25) is 0 Å². The normalized spacial score (nSPS) is 28.8. The summed E-state index contributed by atoms with van der Waals surface area (Å²) in [6.07, 6.45) is 1.90. The summed E-state index contributed by atoms with van der Waals surface area (Å²) < 4.78 is 6.59. The molecular weight excluding hydrogens is 304 g/mol. The largest absolute Gasteiger partial charge is 0.458 e. The molecule has 0 unspecified atom stereocenters. The lowest BCUT2D eigenvalue weighted by molar-refractivity contribution is 0.0229. The van der Waals surface area contributed by atoms with Gasteiger partial charge in [0.15, 0.2) is 0 Å². The minimum Gasteiger partial charge on any atom is -0.458 e. The zero-order valence-corrected chi connectivity index (χ0v) is 12.2. The number of carbonyl (C=O) groups is 1. The summed E-state index contributed by atoms with van der Waals surface area (Å²) in [5.41, 5.74) is 2.82. The van der Waals surface area contributed by atoms with Crippen molar-refractivity contribution in [3.8, 4) is 0 Å². The molecule has 3 rings (SSSR count). The highest BCUT2D eigenvalue weighted by molar-refractivity contribution is 9.10. The molecule has 0 spiro atoms. The summed E-state index contributed by atoms with van der Waals surface area (Å²) in [7, 11) is 0. The van der Waals surface area contributed by atoms with Crippen molar-refractivity contribution in [2.45, 2.75) is 18.9 Å². The van der Waals surface area contributed by atoms with E-state index in [-0.39, 0.29) is 18.0 Å². The Morgan fingerprint density at radius 1 is 1.16 bits per heavy atom. The van der Waals surface area contributed by atoms with E-state index in [0.29, 0.717) is 11.5 Å². The molecule has 2 saturated carbocycles. The van der Waals surface area contributed by atoms with Crippen molar-refractivity contribution >= 4 is 21.9 Å². The molecule has 3 heteroatoms. The topological polar surface area (TPSA) is 26.3 Å². The van der Waals surface area contributed by atoms with Crippen molar-refractivity contribution in [2.24, 2.45) is 11.8 Å². The van der Waals surface area contributed by atoms with Crippen LogP contribution in [0.1, 0.15) is 23.2 Å². The Morgan fingerprint density at radius 3 is 2.42 bits per heavy atom. The Labute approximate surface area is 121 Å². The van der Waals surface area contributed by atoms with E-state index in [0.717, 1.165) is 28.5 Å². The SMILES string of the molecule is C=C1C(=C)[C@@H]2C[C@H]1C[C@@H]2OC(=O)c1ccc(Br)cc1. The standard InChI is InChI=1S/C16H15BrO2/c1-9-10(2)14-7-12(9)8-15(14)19-16(18)11-3-5-13(17)6-4-11/h3-6,12,14-15H,1-2,7-8H2/t12-,14-,15-/m0/s1. The number of esters is 1. The summed E-state index contributed by atoms with van der Waals surface area (Å²) >= 11 is 3.35. The molecule has 0 amide bonds. The van der Waals surface area contributed by atoms with Gasteiger partial charge in [-0.05, 0) is 54.2 Å². The smallest absolute Gasteiger partial charge is 0.338 e. The fraction of sp³-hybridized carbons (Fsp3) is 0.312. The molecule has 0 saturated heterocycles. The lowest BCUT2D eigenvalue weighted by atomic mass is 9.90. The van der Waals surface area contributed by atoms with Crippen LogP contribution >= 0.6 is 15.9 Å². The summed E-state index contributed by atoms with van der Waals surface area (Å²) in [6, 6.07) is 7.23. The maximum Gasteiger partial charge on any atom is 0.338 e. The molecule has 19 heavy (non-hydrogen) atoms. The van der Waals surface area contributed by atoms with Gasteiger partial charge in [0.1, 0.15) is 6.10 Å². The van der Waals surface area contributed by atoms with Crippen LogP contribution in [0.25, 0.3) is 0 Å². The van der Waals surface area contributed by atoms with Gasteiger partial charge < -0.3 is 4.74 Å². The monoisotopic (exact) mass is 318 g/mol. The van der Waals surface area contributed by atoms with Crippen molar-refractivity contribution < 1.29 is 9.53 Å². The first kappa shape index (κ1) is 12.7. The van der Waals surface area contributed by atoms with Crippen LogP contribution in [-0.2, 0) is 4.74 Å². The Hall–Kier alpha value is -1.35. The number of hydrogen-bond acceptors (Lipinski definition) is 2. The molecule has 0 radical (unpaired) electrons. The van der Waals surface area contributed by atoms with E-state index in [1.54, 1.807) is 12.1 Å². The first-order valence-corrected chi connectivity index (χ1v) is 7.20. The second-order valence-corrected chi connectivity index (χ2v) is 6.19. The van der Waals surface area contributed by atoms with Crippen molar-refractivity contribution in [3.05, 3.63) is 58.6 Å². The highest BCUT2D eigenvalue weighted by Crippen LogP contribution is 2.51. The van der Waals surface area contributed by atoms with Crippen LogP contribution in [0.2, 0.25) is 0 Å². The Kier molecular flexibility index (Phi) is 3.09. The van der Waals surface area contributed by atoms with Gasteiger partial charge in [-0.15, -0.1) is 0 Å². The summed E-state index contributed by atoms with van der Waals surface area (Å²) in [5, 5.41) is 0. The molecule has 2 aliphatic carbocycles. The Morgan fingerprint density at radius 2 is 1.84 bits per heavy atom. The average Bonchev–Trinajstić information content (AvgIpc) is 2.91. The predicted molar refractivity (Wildman–Crippen MR) is 77.8 cm³/mol. The molecule has 2 nitrogen and oxygen atoms in total. The molecule has 1 aromatic carbocycles. The van der Waals surface area contributed by atoms with Crippen molar-refractivity contribution in [1.82, 2.24) is 0 Å². The van der Waals surface area contributed by atoms with E-state index in [9.17, 15) is 4.79 Å². The van der Waals surface area contributed by atoms with Gasteiger partial charge in [-0.2, -0.15) is 0 Å². The lowest BCUT2D eigenvalue weighted by Crippen LogP contribution is -2.25. The van der Waals surface area contributed by atoms with E-state index in [2.05, 4.69) is 29.1 Å². The van der Waals surface area contributed by atoms with Gasteiger partial charge in [0, 0.05) is 10.4 Å². The van der Waals surface area contributed by atoms with Gasteiger partial charge >= 0.3 is 5.97 Å². The molecule has 2 bridgehead atoms. The van der Waals surface area contributed by atoms with Gasteiger partial charge in [-0.3, -0.25) is 0 Å². The molecular formula is C16H15BrO2. The number of benzene rings is 1. The molecule has 0 N–H and O–H groups in total. The Bertz CT molecular complexity index is 559. The minimum atomic E-state index is -0.247. The number of carbonyl (C=O) groups excluding carboxylic acids is 1. The molecule has 0 aromatic heterocycles. The van der Waals surface area contributed by atoms with Crippen molar-refractivity contribution in [2.75, 3.05) is 0 Å². The molecule has 2 fully saturated rings. The molecule has 1 aromatic rings. The molecule has 3 atom stereocenters. The van der Waals surface area contributed by atoms with E-state index in [1.807, 2.05) is 12.1 Å². The summed E-state index contributed by atoms with van der Waals surface area (Å²) in [4.78, 5) is 12.1. The third-order valence-electron chi connectivity index (χ3n) is 4.20.